The van der Waals surface area contributed by atoms with Crippen LogP contribution in [0.1, 0.15) is 44.2 Å². The Morgan fingerprint density at radius 1 is 0.953 bits per heavy atom. The fourth-order valence-corrected chi connectivity index (χ4v) is 6.08. The van der Waals surface area contributed by atoms with Crippen LogP contribution in [0.4, 0.5) is 4.79 Å². The Bertz CT molecular complexity index is 1470. The number of fused-ring (bicyclic) bond motifs is 1. The number of carbonyl (C=O) groups excluding carboxylic acids is 1. The van der Waals surface area contributed by atoms with E-state index in [0.717, 1.165) is 22.4 Å². The van der Waals surface area contributed by atoms with Crippen LogP contribution in [0.2, 0.25) is 0 Å². The Kier molecular flexibility index (Phi) is 10.3. The maximum atomic E-state index is 12.9. The van der Waals surface area contributed by atoms with Crippen LogP contribution in [0, 0.1) is 0 Å². The summed E-state index contributed by atoms with van der Waals surface area (Å²) in [5.41, 5.74) is 1.68. The highest BCUT2D eigenvalue weighted by Crippen LogP contribution is 2.33. The second kappa shape index (κ2) is 14.3. The van der Waals surface area contributed by atoms with Gasteiger partial charge < -0.3 is 24.2 Å². The third kappa shape index (κ3) is 8.99. The van der Waals surface area contributed by atoms with Gasteiger partial charge in [0.15, 0.2) is 0 Å². The number of rotatable bonds is 10. The number of aliphatic hydroxyl groups is 1. The van der Waals surface area contributed by atoms with Gasteiger partial charge in [-0.15, -0.1) is 11.8 Å². The number of amides is 1. The molecule has 5 rings (SSSR count). The first-order valence-electron chi connectivity index (χ1n) is 14.9. The molecule has 1 aliphatic rings. The van der Waals surface area contributed by atoms with Gasteiger partial charge in [-0.25, -0.2) is 4.79 Å². The first kappa shape index (κ1) is 30.9. The topological polar surface area (TPSA) is 68.2 Å². The second-order valence-electron chi connectivity index (χ2n) is 12.0. The van der Waals surface area contributed by atoms with Crippen LogP contribution in [0.25, 0.3) is 10.8 Å². The molecule has 43 heavy (non-hydrogen) atoms. The van der Waals surface area contributed by atoms with Crippen LogP contribution < -0.4 is 4.74 Å². The quantitative estimate of drug-likeness (QED) is 0.189. The van der Waals surface area contributed by atoms with Crippen LogP contribution in [-0.4, -0.2) is 59.4 Å². The number of carbonyl (C=O) groups is 1. The first-order chi connectivity index (χ1) is 20.7. The van der Waals surface area contributed by atoms with Gasteiger partial charge in [0, 0.05) is 23.1 Å². The van der Waals surface area contributed by atoms with E-state index in [0.29, 0.717) is 31.2 Å². The van der Waals surface area contributed by atoms with E-state index in [9.17, 15) is 9.90 Å². The number of hydrogen-bond donors (Lipinski definition) is 1. The molecule has 1 saturated heterocycles. The predicted octanol–water partition coefficient (Wildman–Crippen LogP) is 7.68. The number of nitrogens with zero attached hydrogens (tertiary/aromatic N) is 1. The van der Waals surface area contributed by atoms with E-state index in [2.05, 4.69) is 42.5 Å². The van der Waals surface area contributed by atoms with Gasteiger partial charge in [-0.3, -0.25) is 0 Å². The summed E-state index contributed by atoms with van der Waals surface area (Å²) in [7, 11) is 0. The average molecular weight is 600 g/mol. The molecule has 1 aliphatic heterocycles. The van der Waals surface area contributed by atoms with Crippen LogP contribution in [0.5, 0.6) is 5.75 Å². The summed E-state index contributed by atoms with van der Waals surface area (Å²) in [4.78, 5) is 15.8. The molecule has 1 N–H and O–H groups in total. The van der Waals surface area contributed by atoms with Crippen molar-refractivity contribution < 1.29 is 24.1 Å². The Labute approximate surface area is 259 Å². The van der Waals surface area contributed by atoms with Crippen LogP contribution in [-0.2, 0) is 16.1 Å². The van der Waals surface area contributed by atoms with Crippen LogP contribution >= 0.6 is 11.8 Å². The summed E-state index contributed by atoms with van der Waals surface area (Å²) in [6.07, 6.45) is -0.318. The average Bonchev–Trinajstić information content (AvgIpc) is 3.01. The van der Waals surface area contributed by atoms with E-state index in [4.69, 9.17) is 14.2 Å². The molecule has 0 radical (unpaired) electrons. The fourth-order valence-electron chi connectivity index (χ4n) is 5.25. The standard InChI is InChI=1S/C36H41NO5S/c1-36(2,3)42-35(39)37-20-19-33(34(22-37)41-23-26-13-14-27-9-7-8-10-29(27)21-26)28-15-17-31(18-16-28)40-24-30(38)25-43-32-11-5-4-6-12-32/h4-18,21,30,33-34,38H,19-20,22-25H2,1-3H3. The lowest BCUT2D eigenvalue weighted by molar-refractivity contribution is -0.0359. The highest BCUT2D eigenvalue weighted by Gasteiger charge is 2.35. The molecule has 1 amide bonds. The monoisotopic (exact) mass is 599 g/mol. The first-order valence-corrected chi connectivity index (χ1v) is 15.9. The van der Waals surface area contributed by atoms with Crippen molar-refractivity contribution in [3.05, 3.63) is 108 Å². The van der Waals surface area contributed by atoms with E-state index >= 15 is 0 Å². The number of ether oxygens (including phenoxy) is 3. The van der Waals surface area contributed by atoms with Gasteiger partial charge in [0.25, 0.3) is 0 Å². The smallest absolute Gasteiger partial charge is 0.410 e. The number of likely N-dealkylation sites (tertiary alicyclic amines) is 1. The van der Waals surface area contributed by atoms with Gasteiger partial charge in [0.1, 0.15) is 18.0 Å². The summed E-state index contributed by atoms with van der Waals surface area (Å²) in [5.74, 6) is 1.39. The normalized spacial score (nSPS) is 17.9. The molecule has 0 spiro atoms. The molecule has 0 bridgehead atoms. The number of piperidine rings is 1. The van der Waals surface area contributed by atoms with Crippen molar-refractivity contribution in [2.45, 2.75) is 62.4 Å². The Morgan fingerprint density at radius 3 is 2.42 bits per heavy atom. The zero-order valence-electron chi connectivity index (χ0n) is 25.1. The van der Waals surface area contributed by atoms with Crippen molar-refractivity contribution in [3.8, 4) is 5.75 Å². The van der Waals surface area contributed by atoms with Gasteiger partial charge in [-0.2, -0.15) is 0 Å². The third-order valence-electron chi connectivity index (χ3n) is 7.43. The number of aliphatic hydroxyl groups excluding tert-OH is 1. The molecule has 3 atom stereocenters. The van der Waals surface area contributed by atoms with Gasteiger partial charge in [-0.05, 0) is 79.4 Å². The molecule has 226 valence electrons. The summed E-state index contributed by atoms with van der Waals surface area (Å²) in [6, 6.07) is 32.8. The minimum absolute atomic E-state index is 0.112. The fraction of sp³-hybridized carbons (Fsp3) is 0.361. The lowest BCUT2D eigenvalue weighted by atomic mass is 9.87. The van der Waals surface area contributed by atoms with Crippen molar-refractivity contribution in [2.24, 2.45) is 0 Å². The third-order valence-corrected chi connectivity index (χ3v) is 8.58. The van der Waals surface area contributed by atoms with Crippen molar-refractivity contribution in [1.29, 1.82) is 0 Å². The maximum Gasteiger partial charge on any atom is 0.410 e. The lowest BCUT2D eigenvalue weighted by Crippen LogP contribution is -2.48. The molecule has 4 aromatic rings. The summed E-state index contributed by atoms with van der Waals surface area (Å²) in [5, 5.41) is 12.8. The molecule has 1 fully saturated rings. The molecule has 3 unspecified atom stereocenters. The Balaban J connectivity index is 1.22. The van der Waals surface area contributed by atoms with Gasteiger partial charge in [0.05, 0.1) is 25.4 Å². The predicted molar refractivity (Wildman–Crippen MR) is 173 cm³/mol. The number of benzene rings is 4. The van der Waals surface area contributed by atoms with Crippen molar-refractivity contribution in [1.82, 2.24) is 4.90 Å². The molecule has 7 heteroatoms. The minimum atomic E-state index is -0.574. The molecule has 1 heterocycles. The highest BCUT2D eigenvalue weighted by atomic mass is 32.2. The zero-order valence-corrected chi connectivity index (χ0v) is 26.0. The maximum absolute atomic E-state index is 12.9. The Hall–Kier alpha value is -3.52. The van der Waals surface area contributed by atoms with Crippen molar-refractivity contribution >= 4 is 28.6 Å². The minimum Gasteiger partial charge on any atom is -0.491 e. The molecule has 0 aromatic heterocycles. The van der Waals surface area contributed by atoms with Gasteiger partial charge in [0.2, 0.25) is 0 Å². The van der Waals surface area contributed by atoms with E-state index in [1.807, 2.05) is 75.4 Å². The molecular weight excluding hydrogens is 558 g/mol. The van der Waals surface area contributed by atoms with Crippen LogP contribution in [0.3, 0.4) is 0 Å². The molecule has 0 saturated carbocycles. The second-order valence-corrected chi connectivity index (χ2v) is 13.1. The van der Waals surface area contributed by atoms with Crippen molar-refractivity contribution in [3.63, 3.8) is 0 Å². The molecular formula is C36H41NO5S. The van der Waals surface area contributed by atoms with Crippen molar-refractivity contribution in [2.75, 3.05) is 25.4 Å². The highest BCUT2D eigenvalue weighted by molar-refractivity contribution is 7.99. The Morgan fingerprint density at radius 2 is 1.67 bits per heavy atom. The van der Waals surface area contributed by atoms with Gasteiger partial charge >= 0.3 is 6.09 Å². The van der Waals surface area contributed by atoms with E-state index in [-0.39, 0.29) is 24.7 Å². The summed E-state index contributed by atoms with van der Waals surface area (Å²) < 4.78 is 18.1. The van der Waals surface area contributed by atoms with E-state index in [1.54, 1.807) is 16.7 Å². The number of hydrogen-bond acceptors (Lipinski definition) is 6. The lowest BCUT2D eigenvalue weighted by Gasteiger charge is -2.39. The number of thioether (sulfide) groups is 1. The summed E-state index contributed by atoms with van der Waals surface area (Å²) >= 11 is 1.61. The largest absolute Gasteiger partial charge is 0.491 e. The van der Waals surface area contributed by atoms with Crippen LogP contribution in [0.15, 0.2) is 102 Å². The molecule has 4 aromatic carbocycles. The molecule has 0 aliphatic carbocycles. The van der Waals surface area contributed by atoms with E-state index < -0.39 is 11.7 Å². The summed E-state index contributed by atoms with van der Waals surface area (Å²) in [6.45, 7) is 7.39. The van der Waals surface area contributed by atoms with E-state index in [1.165, 1.54) is 10.8 Å². The zero-order chi connectivity index (χ0) is 30.2. The SMILES string of the molecule is CC(C)(C)OC(=O)N1CCC(c2ccc(OCC(O)CSc3ccccc3)cc2)C(OCc2ccc3ccccc3c2)C1. The van der Waals surface area contributed by atoms with Gasteiger partial charge in [-0.1, -0.05) is 66.7 Å². The molecule has 6 nitrogen and oxygen atoms in total.